The van der Waals surface area contributed by atoms with Crippen LogP contribution in [-0.4, -0.2) is 16.5 Å². The average Bonchev–Trinajstić information content (AvgIpc) is 2.43. The molecule has 21 heavy (non-hydrogen) atoms. The number of benzene rings is 1. The highest BCUT2D eigenvalue weighted by atomic mass is 15.1. The zero-order chi connectivity index (χ0) is 14.7. The van der Waals surface area contributed by atoms with E-state index in [0.29, 0.717) is 0 Å². The molecular formula is C18H23N3. The molecule has 1 saturated carbocycles. The summed E-state index contributed by atoms with van der Waals surface area (Å²) in [5.41, 5.74) is 4.64. The van der Waals surface area contributed by atoms with Crippen LogP contribution in [0.25, 0.3) is 11.3 Å². The molecule has 0 aliphatic heterocycles. The van der Waals surface area contributed by atoms with Gasteiger partial charge in [0.1, 0.15) is 0 Å². The van der Waals surface area contributed by atoms with Gasteiger partial charge >= 0.3 is 0 Å². The van der Waals surface area contributed by atoms with Crippen LogP contribution in [0.3, 0.4) is 0 Å². The van der Waals surface area contributed by atoms with Gasteiger partial charge in [-0.1, -0.05) is 37.6 Å². The van der Waals surface area contributed by atoms with Crippen molar-refractivity contribution in [2.75, 3.05) is 11.9 Å². The zero-order valence-electron chi connectivity index (χ0n) is 12.9. The van der Waals surface area contributed by atoms with Crippen LogP contribution < -0.4 is 5.32 Å². The van der Waals surface area contributed by atoms with E-state index in [9.17, 15) is 0 Å². The lowest BCUT2D eigenvalue weighted by molar-refractivity contribution is 0.420. The van der Waals surface area contributed by atoms with Crippen molar-refractivity contribution < 1.29 is 0 Å². The number of nitrogens with one attached hydrogen (secondary N) is 1. The highest BCUT2D eigenvalue weighted by Gasteiger charge is 2.19. The molecule has 1 aliphatic rings. The molecule has 0 spiro atoms. The SMILES string of the molecule is CCCNc1nc(C)cc(-c2ccc(C3CCC3)cc2)n1. The minimum Gasteiger partial charge on any atom is -0.354 e. The molecule has 1 fully saturated rings. The quantitative estimate of drug-likeness (QED) is 0.874. The first-order chi connectivity index (χ1) is 10.3. The predicted molar refractivity (Wildman–Crippen MR) is 87.6 cm³/mol. The number of hydrogen-bond donors (Lipinski definition) is 1. The highest BCUT2D eigenvalue weighted by molar-refractivity contribution is 5.61. The Labute approximate surface area is 126 Å². The van der Waals surface area contributed by atoms with Gasteiger partial charge in [-0.25, -0.2) is 9.97 Å². The highest BCUT2D eigenvalue weighted by Crippen LogP contribution is 2.36. The second kappa shape index (κ2) is 6.25. The van der Waals surface area contributed by atoms with Gasteiger partial charge in [0.25, 0.3) is 0 Å². The molecule has 2 aromatic rings. The minimum absolute atomic E-state index is 0.731. The van der Waals surface area contributed by atoms with E-state index in [1.807, 2.05) is 6.92 Å². The Morgan fingerprint density at radius 2 is 1.90 bits per heavy atom. The van der Waals surface area contributed by atoms with Gasteiger partial charge in [0.2, 0.25) is 5.95 Å². The molecule has 1 aromatic carbocycles. The summed E-state index contributed by atoms with van der Waals surface area (Å²) in [6.07, 6.45) is 5.14. The van der Waals surface area contributed by atoms with Gasteiger partial charge in [0.15, 0.2) is 0 Å². The van der Waals surface area contributed by atoms with Crippen LogP contribution in [0.15, 0.2) is 30.3 Å². The monoisotopic (exact) mass is 281 g/mol. The van der Waals surface area contributed by atoms with Gasteiger partial charge in [-0.3, -0.25) is 0 Å². The summed E-state index contributed by atoms with van der Waals surface area (Å²) >= 11 is 0. The maximum Gasteiger partial charge on any atom is 0.223 e. The Kier molecular flexibility index (Phi) is 4.18. The van der Waals surface area contributed by atoms with Crippen LogP contribution in [0.5, 0.6) is 0 Å². The molecule has 1 aromatic heterocycles. The standard InChI is InChI=1S/C18H23N3/c1-3-11-19-18-20-13(2)12-17(21-18)16-9-7-15(8-10-16)14-5-4-6-14/h7-10,12,14H,3-6,11H2,1-2H3,(H,19,20,21). The number of anilines is 1. The molecule has 0 radical (unpaired) electrons. The Balaban J connectivity index is 1.83. The molecule has 3 rings (SSSR count). The van der Waals surface area contributed by atoms with Crippen LogP contribution in [0.2, 0.25) is 0 Å². The lowest BCUT2D eigenvalue weighted by Gasteiger charge is -2.25. The fraction of sp³-hybridized carbons (Fsp3) is 0.444. The molecule has 1 heterocycles. The summed E-state index contributed by atoms with van der Waals surface area (Å²) in [6, 6.07) is 11.0. The lowest BCUT2D eigenvalue weighted by atomic mass is 9.80. The molecular weight excluding hydrogens is 258 g/mol. The van der Waals surface area contributed by atoms with Crippen LogP contribution in [-0.2, 0) is 0 Å². The Hall–Kier alpha value is -1.90. The van der Waals surface area contributed by atoms with Gasteiger partial charge < -0.3 is 5.32 Å². The fourth-order valence-electron chi connectivity index (χ4n) is 2.70. The fourth-order valence-corrected chi connectivity index (χ4v) is 2.70. The molecule has 0 bridgehead atoms. The first-order valence-corrected chi connectivity index (χ1v) is 7.96. The van der Waals surface area contributed by atoms with Crippen LogP contribution in [0.4, 0.5) is 5.95 Å². The van der Waals surface area contributed by atoms with Crippen molar-refractivity contribution in [3.05, 3.63) is 41.6 Å². The van der Waals surface area contributed by atoms with Gasteiger partial charge in [-0.15, -0.1) is 0 Å². The maximum absolute atomic E-state index is 4.63. The normalized spacial score (nSPS) is 14.8. The average molecular weight is 281 g/mol. The third-order valence-electron chi connectivity index (χ3n) is 4.17. The number of nitrogens with zero attached hydrogens (tertiary/aromatic N) is 2. The van der Waals surface area contributed by atoms with E-state index in [0.717, 1.165) is 36.2 Å². The van der Waals surface area contributed by atoms with Crippen molar-refractivity contribution in [2.45, 2.75) is 45.4 Å². The van der Waals surface area contributed by atoms with Gasteiger partial charge in [-0.2, -0.15) is 0 Å². The summed E-state index contributed by atoms with van der Waals surface area (Å²) in [5, 5.41) is 3.27. The molecule has 0 saturated heterocycles. The Morgan fingerprint density at radius 3 is 2.52 bits per heavy atom. The second-order valence-corrected chi connectivity index (χ2v) is 5.89. The summed E-state index contributed by atoms with van der Waals surface area (Å²) in [7, 11) is 0. The lowest BCUT2D eigenvalue weighted by Crippen LogP contribution is -2.08. The molecule has 3 nitrogen and oxygen atoms in total. The number of rotatable bonds is 5. The van der Waals surface area contributed by atoms with Gasteiger partial charge in [0.05, 0.1) is 5.69 Å². The van der Waals surface area contributed by atoms with Crippen molar-refractivity contribution in [3.8, 4) is 11.3 Å². The number of aryl methyl sites for hydroxylation is 1. The van der Waals surface area contributed by atoms with Crippen molar-refractivity contribution in [3.63, 3.8) is 0 Å². The minimum atomic E-state index is 0.731. The molecule has 110 valence electrons. The number of aromatic nitrogens is 2. The van der Waals surface area contributed by atoms with Crippen molar-refractivity contribution in [2.24, 2.45) is 0 Å². The molecule has 1 aliphatic carbocycles. The first-order valence-electron chi connectivity index (χ1n) is 7.96. The molecule has 1 N–H and O–H groups in total. The first kappa shape index (κ1) is 14.1. The van der Waals surface area contributed by atoms with Crippen LogP contribution >= 0.6 is 0 Å². The summed E-state index contributed by atoms with van der Waals surface area (Å²) in [4.78, 5) is 9.07. The maximum atomic E-state index is 4.63. The number of hydrogen-bond acceptors (Lipinski definition) is 3. The topological polar surface area (TPSA) is 37.8 Å². The largest absolute Gasteiger partial charge is 0.354 e. The summed E-state index contributed by atoms with van der Waals surface area (Å²) < 4.78 is 0. The van der Waals surface area contributed by atoms with E-state index in [1.54, 1.807) is 0 Å². The van der Waals surface area contributed by atoms with E-state index in [2.05, 4.69) is 52.5 Å². The van der Waals surface area contributed by atoms with E-state index >= 15 is 0 Å². The zero-order valence-corrected chi connectivity index (χ0v) is 12.9. The summed E-state index contributed by atoms with van der Waals surface area (Å²) in [5.74, 6) is 1.52. The van der Waals surface area contributed by atoms with Crippen molar-refractivity contribution in [1.29, 1.82) is 0 Å². The molecule has 3 heteroatoms. The van der Waals surface area contributed by atoms with Crippen molar-refractivity contribution >= 4 is 5.95 Å². The van der Waals surface area contributed by atoms with E-state index in [4.69, 9.17) is 0 Å². The predicted octanol–water partition coefficient (Wildman–Crippen LogP) is 4.54. The smallest absolute Gasteiger partial charge is 0.223 e. The third kappa shape index (κ3) is 3.23. The van der Waals surface area contributed by atoms with E-state index < -0.39 is 0 Å². The third-order valence-corrected chi connectivity index (χ3v) is 4.17. The van der Waals surface area contributed by atoms with Gasteiger partial charge in [-0.05, 0) is 43.7 Å². The van der Waals surface area contributed by atoms with Crippen LogP contribution in [0.1, 0.15) is 49.8 Å². The summed E-state index contributed by atoms with van der Waals surface area (Å²) in [6.45, 7) is 5.07. The van der Waals surface area contributed by atoms with Crippen LogP contribution in [0, 0.1) is 6.92 Å². The molecule has 0 amide bonds. The molecule has 0 unspecified atom stereocenters. The second-order valence-electron chi connectivity index (χ2n) is 5.89. The van der Waals surface area contributed by atoms with E-state index in [-0.39, 0.29) is 0 Å². The Morgan fingerprint density at radius 1 is 1.14 bits per heavy atom. The van der Waals surface area contributed by atoms with Gasteiger partial charge in [0, 0.05) is 17.8 Å². The molecule has 0 atom stereocenters. The van der Waals surface area contributed by atoms with E-state index in [1.165, 1.54) is 30.4 Å². The van der Waals surface area contributed by atoms with Crippen molar-refractivity contribution in [1.82, 2.24) is 9.97 Å². The Bertz CT molecular complexity index is 600.